The molecule has 2 fully saturated rings. The number of aromatic nitrogens is 2. The van der Waals surface area contributed by atoms with Crippen LogP contribution in [-0.4, -0.2) is 98.5 Å². The maximum absolute atomic E-state index is 6.35. The average Bonchev–Trinajstić information content (AvgIpc) is 3.40. The van der Waals surface area contributed by atoms with Crippen molar-refractivity contribution >= 4 is 22.3 Å². The van der Waals surface area contributed by atoms with Crippen molar-refractivity contribution in [2.24, 2.45) is 0 Å². The van der Waals surface area contributed by atoms with Gasteiger partial charge in [-0.1, -0.05) is 42.5 Å². The number of nitrogens with zero attached hydrogens (tertiary/aromatic N) is 6. The minimum absolute atomic E-state index is 0.287. The Morgan fingerprint density at radius 3 is 2.67 bits per heavy atom. The van der Waals surface area contributed by atoms with Crippen molar-refractivity contribution in [3.63, 3.8) is 0 Å². The Labute approximate surface area is 238 Å². The number of hydrogen-bond acceptors (Lipinski definition) is 8. The van der Waals surface area contributed by atoms with Gasteiger partial charge in [0.05, 0.1) is 24.9 Å². The van der Waals surface area contributed by atoms with Gasteiger partial charge in [0.25, 0.3) is 0 Å². The molecule has 0 N–H and O–H groups in total. The summed E-state index contributed by atoms with van der Waals surface area (Å²) < 4.78 is 12.0. The molecule has 1 unspecified atom stereocenters. The van der Waals surface area contributed by atoms with Crippen LogP contribution in [0.15, 0.2) is 55.1 Å². The Morgan fingerprint density at radius 1 is 0.975 bits per heavy atom. The molecule has 0 bridgehead atoms. The van der Waals surface area contributed by atoms with Gasteiger partial charge in [-0.3, -0.25) is 4.90 Å². The van der Waals surface area contributed by atoms with Gasteiger partial charge in [-0.15, -0.1) is 6.58 Å². The topological polar surface area (TPSA) is 57.2 Å². The number of benzene rings is 2. The lowest BCUT2D eigenvalue weighted by Gasteiger charge is -2.42. The van der Waals surface area contributed by atoms with Gasteiger partial charge in [0, 0.05) is 62.5 Å². The van der Waals surface area contributed by atoms with Gasteiger partial charge in [-0.05, 0) is 44.3 Å². The van der Waals surface area contributed by atoms with Crippen LogP contribution in [0.2, 0.25) is 0 Å². The van der Waals surface area contributed by atoms with Crippen LogP contribution in [0, 0.1) is 0 Å². The Bertz CT molecular complexity index is 1330. The molecule has 0 saturated carbocycles. The molecule has 8 heteroatoms. The van der Waals surface area contributed by atoms with Gasteiger partial charge in [0.1, 0.15) is 12.4 Å². The quantitative estimate of drug-likeness (QED) is 0.377. The number of piperazine rings is 1. The number of likely N-dealkylation sites (N-methyl/N-ethyl adjacent to an activating group) is 1. The Balaban J connectivity index is 1.31. The molecule has 0 radical (unpaired) electrons. The first-order valence-electron chi connectivity index (χ1n) is 14.7. The highest BCUT2D eigenvalue weighted by molar-refractivity contribution is 5.94. The van der Waals surface area contributed by atoms with Crippen LogP contribution in [0.4, 0.5) is 11.5 Å². The molecule has 1 aromatic heterocycles. The van der Waals surface area contributed by atoms with Crippen LogP contribution in [-0.2, 0) is 17.7 Å². The van der Waals surface area contributed by atoms with Crippen molar-refractivity contribution in [1.29, 1.82) is 0 Å². The molecule has 212 valence electrons. The van der Waals surface area contributed by atoms with Gasteiger partial charge >= 0.3 is 6.01 Å². The number of fused-ring (bicyclic) bond motifs is 2. The largest absolute Gasteiger partial charge is 0.462 e. The van der Waals surface area contributed by atoms with E-state index in [1.165, 1.54) is 28.4 Å². The van der Waals surface area contributed by atoms with Crippen molar-refractivity contribution in [1.82, 2.24) is 19.8 Å². The zero-order valence-electron chi connectivity index (χ0n) is 24.0. The molecule has 3 aliphatic rings. The first-order chi connectivity index (χ1) is 19.6. The summed E-state index contributed by atoms with van der Waals surface area (Å²) in [5.74, 6) is 1.04. The third kappa shape index (κ3) is 5.53. The van der Waals surface area contributed by atoms with Crippen molar-refractivity contribution in [2.45, 2.75) is 37.9 Å². The fraction of sp³-hybridized carbons (Fsp3) is 0.500. The van der Waals surface area contributed by atoms with Gasteiger partial charge in [-0.25, -0.2) is 0 Å². The summed E-state index contributed by atoms with van der Waals surface area (Å²) in [6.07, 6.45) is 5.27. The molecule has 3 aromatic rings. The predicted octanol–water partition coefficient (Wildman–Crippen LogP) is 3.99. The monoisotopic (exact) mass is 542 g/mol. The summed E-state index contributed by atoms with van der Waals surface area (Å²) in [5, 5.41) is 2.55. The molecule has 40 heavy (non-hydrogen) atoms. The normalized spacial score (nSPS) is 22.1. The first-order valence-corrected chi connectivity index (χ1v) is 14.7. The van der Waals surface area contributed by atoms with Crippen LogP contribution in [0.1, 0.15) is 24.1 Å². The fourth-order valence-electron chi connectivity index (χ4n) is 6.61. The summed E-state index contributed by atoms with van der Waals surface area (Å²) >= 11 is 0. The van der Waals surface area contributed by atoms with E-state index in [9.17, 15) is 0 Å². The van der Waals surface area contributed by atoms with Crippen LogP contribution in [0.25, 0.3) is 10.8 Å². The smallest absolute Gasteiger partial charge is 0.318 e. The summed E-state index contributed by atoms with van der Waals surface area (Å²) in [4.78, 5) is 19.9. The molecule has 0 amide bonds. The summed E-state index contributed by atoms with van der Waals surface area (Å²) in [7, 11) is 3.96. The maximum atomic E-state index is 6.35. The van der Waals surface area contributed by atoms with E-state index in [2.05, 4.69) is 75.7 Å². The number of ether oxygens (including phenoxy) is 2. The summed E-state index contributed by atoms with van der Waals surface area (Å²) in [5.41, 5.74) is 3.60. The molecule has 8 nitrogen and oxygen atoms in total. The second kappa shape index (κ2) is 12.1. The van der Waals surface area contributed by atoms with E-state index < -0.39 is 0 Å². The standard InChI is InChI=1S/C32H42N6O2/c1-4-15-36-18-19-38(20-26(36)22-39-3)31-28-14-17-37(30-13-7-10-24-9-5-6-12-27(24)30)21-29(28)33-32(34-31)40-23-25-11-8-16-35(25)2/h4-7,9-10,12-13,25-26H,1,8,11,14-23H2,2-3H3/t25-,26?/m0/s1. The third-order valence-electron chi connectivity index (χ3n) is 8.83. The Hall–Kier alpha value is -3.20. The Morgan fingerprint density at radius 2 is 1.85 bits per heavy atom. The van der Waals surface area contributed by atoms with Gasteiger partial charge in [0.2, 0.25) is 0 Å². The van der Waals surface area contributed by atoms with Crippen LogP contribution < -0.4 is 14.5 Å². The van der Waals surface area contributed by atoms with Gasteiger partial charge in [0.15, 0.2) is 0 Å². The van der Waals surface area contributed by atoms with E-state index in [0.29, 0.717) is 25.3 Å². The number of rotatable bonds is 9. The van der Waals surface area contributed by atoms with E-state index in [0.717, 1.165) is 70.2 Å². The van der Waals surface area contributed by atoms with E-state index in [4.69, 9.17) is 19.4 Å². The number of anilines is 2. The lowest BCUT2D eigenvalue weighted by atomic mass is 10.0. The molecule has 6 rings (SSSR count). The second-order valence-corrected chi connectivity index (χ2v) is 11.4. The molecule has 0 aliphatic carbocycles. The minimum atomic E-state index is 0.287. The zero-order chi connectivity index (χ0) is 27.5. The third-order valence-corrected chi connectivity index (χ3v) is 8.83. The van der Waals surface area contributed by atoms with Crippen LogP contribution >= 0.6 is 0 Å². The summed E-state index contributed by atoms with van der Waals surface area (Å²) in [6, 6.07) is 16.4. The summed E-state index contributed by atoms with van der Waals surface area (Å²) in [6.45, 7) is 11.7. The van der Waals surface area contributed by atoms with Crippen LogP contribution in [0.5, 0.6) is 6.01 Å². The highest BCUT2D eigenvalue weighted by Gasteiger charge is 2.32. The van der Waals surface area contributed by atoms with Crippen LogP contribution in [0.3, 0.4) is 0 Å². The minimum Gasteiger partial charge on any atom is -0.462 e. The highest BCUT2D eigenvalue weighted by atomic mass is 16.5. The number of likely N-dealkylation sites (tertiary alicyclic amines) is 1. The SMILES string of the molecule is C=CCN1CCN(c2nc(OC[C@@H]3CCCN3C)nc3c2CCN(c2cccc4ccccc24)C3)CC1COC. The maximum Gasteiger partial charge on any atom is 0.318 e. The first kappa shape index (κ1) is 27.0. The van der Waals surface area contributed by atoms with Crippen molar-refractivity contribution in [3.05, 3.63) is 66.4 Å². The molecule has 2 aromatic carbocycles. The lowest BCUT2D eigenvalue weighted by Crippen LogP contribution is -2.55. The number of hydrogen-bond donors (Lipinski definition) is 0. The van der Waals surface area contributed by atoms with Gasteiger partial charge < -0.3 is 24.2 Å². The molecule has 3 aliphatic heterocycles. The van der Waals surface area contributed by atoms with E-state index in [1.54, 1.807) is 7.11 Å². The molecule has 2 saturated heterocycles. The van der Waals surface area contributed by atoms with E-state index in [-0.39, 0.29) is 6.04 Å². The highest BCUT2D eigenvalue weighted by Crippen LogP contribution is 2.34. The predicted molar refractivity (Wildman–Crippen MR) is 162 cm³/mol. The fourth-order valence-corrected chi connectivity index (χ4v) is 6.61. The van der Waals surface area contributed by atoms with Gasteiger partial charge in [-0.2, -0.15) is 9.97 Å². The lowest BCUT2D eigenvalue weighted by molar-refractivity contribution is 0.0892. The average molecular weight is 543 g/mol. The molecular weight excluding hydrogens is 500 g/mol. The molecule has 2 atom stereocenters. The Kier molecular flexibility index (Phi) is 8.18. The zero-order valence-corrected chi connectivity index (χ0v) is 24.0. The molecule has 4 heterocycles. The van der Waals surface area contributed by atoms with Crippen molar-refractivity contribution in [2.75, 3.05) is 76.4 Å². The van der Waals surface area contributed by atoms with Crippen molar-refractivity contribution in [3.8, 4) is 6.01 Å². The second-order valence-electron chi connectivity index (χ2n) is 11.4. The number of methoxy groups -OCH3 is 1. The molecule has 0 spiro atoms. The van der Waals surface area contributed by atoms with Crippen molar-refractivity contribution < 1.29 is 9.47 Å². The van der Waals surface area contributed by atoms with E-state index >= 15 is 0 Å². The molecular formula is C32H42N6O2. The van der Waals surface area contributed by atoms with E-state index in [1.807, 2.05) is 6.08 Å².